The molecule has 1 rings (SSSR count). The summed E-state index contributed by atoms with van der Waals surface area (Å²) >= 11 is 0. The Labute approximate surface area is 172 Å². The van der Waals surface area contributed by atoms with Gasteiger partial charge in [0.15, 0.2) is 5.76 Å². The van der Waals surface area contributed by atoms with Gasteiger partial charge in [0.25, 0.3) is 0 Å². The summed E-state index contributed by atoms with van der Waals surface area (Å²) in [6.07, 6.45) is 11.3. The van der Waals surface area contributed by atoms with Gasteiger partial charge in [-0.1, -0.05) is 50.6 Å². The Bertz CT molecular complexity index is 726. The van der Waals surface area contributed by atoms with Gasteiger partial charge in [-0.2, -0.15) is 0 Å². The van der Waals surface area contributed by atoms with Crippen LogP contribution in [0.5, 0.6) is 0 Å². The molecule has 0 aromatic heterocycles. The molecule has 160 valence electrons. The lowest BCUT2D eigenvalue weighted by Crippen LogP contribution is -2.52. The number of likely N-dealkylation sites (N-methyl/N-ethyl adjacent to an activating group) is 1. The first-order valence-electron chi connectivity index (χ1n) is 9.57. The lowest BCUT2D eigenvalue weighted by Gasteiger charge is -2.29. The molecule has 0 aromatic carbocycles. The molecule has 1 aliphatic rings. The van der Waals surface area contributed by atoms with Gasteiger partial charge in [-0.3, -0.25) is 9.59 Å². The fraction of sp³-hybridized carbons (Fsp3) is 0.500. The number of allylic oxidation sites excluding steroid dienone is 4. The molecule has 0 saturated heterocycles. The van der Waals surface area contributed by atoms with Gasteiger partial charge in [-0.05, 0) is 18.4 Å². The first-order valence-corrected chi connectivity index (χ1v) is 9.57. The van der Waals surface area contributed by atoms with Gasteiger partial charge in [0.2, 0.25) is 11.8 Å². The highest BCUT2D eigenvalue weighted by molar-refractivity contribution is 5.93. The minimum atomic E-state index is -0.624. The van der Waals surface area contributed by atoms with Crippen LogP contribution in [0.1, 0.15) is 40.5 Å². The van der Waals surface area contributed by atoms with Crippen molar-refractivity contribution in [3.63, 3.8) is 0 Å². The largest absolute Gasteiger partial charge is 0.490 e. The van der Waals surface area contributed by atoms with E-state index >= 15 is 0 Å². The molecule has 29 heavy (non-hydrogen) atoms. The average Bonchev–Trinajstić information content (AvgIpc) is 2.66. The summed E-state index contributed by atoms with van der Waals surface area (Å²) in [5.41, 5.74) is 0.575. The fourth-order valence-electron chi connectivity index (χ4n) is 2.64. The van der Waals surface area contributed by atoms with Crippen molar-refractivity contribution in [2.45, 2.75) is 52.7 Å². The lowest BCUT2D eigenvalue weighted by molar-refractivity contribution is -0.149. The summed E-state index contributed by atoms with van der Waals surface area (Å²) in [5, 5.41) is 5.29. The molecule has 0 aromatic rings. The Morgan fingerprint density at radius 3 is 2.52 bits per heavy atom. The van der Waals surface area contributed by atoms with E-state index in [1.54, 1.807) is 25.3 Å². The molecule has 2 atom stereocenters. The van der Waals surface area contributed by atoms with Crippen molar-refractivity contribution < 1.29 is 23.9 Å². The Morgan fingerprint density at radius 1 is 1.31 bits per heavy atom. The predicted octanol–water partition coefficient (Wildman–Crippen LogP) is 2.56. The van der Waals surface area contributed by atoms with E-state index in [2.05, 4.69) is 10.6 Å². The molecule has 0 aliphatic carbocycles. The van der Waals surface area contributed by atoms with Crippen LogP contribution in [0, 0.1) is 5.41 Å². The second kappa shape index (κ2) is 11.2. The van der Waals surface area contributed by atoms with E-state index in [-0.39, 0.29) is 23.7 Å². The van der Waals surface area contributed by atoms with Crippen LogP contribution in [0.25, 0.3) is 0 Å². The summed E-state index contributed by atoms with van der Waals surface area (Å²) in [5.74, 6) is -0.765. The van der Waals surface area contributed by atoms with E-state index in [4.69, 9.17) is 9.47 Å². The Kier molecular flexibility index (Phi) is 9.38. The van der Waals surface area contributed by atoms with Gasteiger partial charge in [0, 0.05) is 26.0 Å². The molecule has 1 aliphatic heterocycles. The van der Waals surface area contributed by atoms with Gasteiger partial charge in [0.05, 0.1) is 7.11 Å². The summed E-state index contributed by atoms with van der Waals surface area (Å²) in [6.45, 7) is 7.59. The first kappa shape index (κ1) is 24.2. The molecule has 7 heteroatoms. The van der Waals surface area contributed by atoms with Crippen molar-refractivity contribution in [2.75, 3.05) is 14.2 Å². The number of ether oxygens (including phenoxy) is 2. The monoisotopic (exact) mass is 404 g/mol. The van der Waals surface area contributed by atoms with Gasteiger partial charge in [-0.15, -0.1) is 0 Å². The minimum absolute atomic E-state index is 0.204. The number of carbonyl (C=O) groups is 3. The zero-order chi connectivity index (χ0) is 22.0. The van der Waals surface area contributed by atoms with E-state index in [1.165, 1.54) is 13.2 Å². The molecule has 0 bridgehead atoms. The third-order valence-corrected chi connectivity index (χ3v) is 4.34. The molecular formula is C22H32N2O5. The first-order chi connectivity index (χ1) is 13.6. The lowest BCUT2D eigenvalue weighted by atomic mass is 9.86. The number of hydrogen-bond donors (Lipinski definition) is 2. The van der Waals surface area contributed by atoms with Crippen LogP contribution in [0.3, 0.4) is 0 Å². The zero-order valence-corrected chi connectivity index (χ0v) is 18.1. The smallest absolute Gasteiger partial charge is 0.373 e. The van der Waals surface area contributed by atoms with Gasteiger partial charge in [-0.25, -0.2) is 4.79 Å². The molecule has 1 heterocycles. The molecule has 7 nitrogen and oxygen atoms in total. The van der Waals surface area contributed by atoms with Gasteiger partial charge < -0.3 is 20.1 Å². The van der Waals surface area contributed by atoms with Crippen molar-refractivity contribution >= 4 is 17.8 Å². The Balaban J connectivity index is 2.54. The maximum Gasteiger partial charge on any atom is 0.373 e. The maximum atomic E-state index is 12.1. The summed E-state index contributed by atoms with van der Waals surface area (Å²) in [7, 11) is 2.99. The SMILES string of the molecule is CNC(=O)C(NC(=O)\C=C/C=C\C(C)=C\CC1CC=C(OC)C(=O)O1)C(C)(C)C. The highest BCUT2D eigenvalue weighted by Gasteiger charge is 2.31. The van der Waals surface area contributed by atoms with Crippen molar-refractivity contribution in [1.29, 1.82) is 0 Å². The summed E-state index contributed by atoms with van der Waals surface area (Å²) in [6, 6.07) is -0.624. The fourth-order valence-corrected chi connectivity index (χ4v) is 2.64. The van der Waals surface area contributed by atoms with Crippen LogP contribution in [-0.2, 0) is 23.9 Å². The normalized spacial score (nSPS) is 19.0. The number of cyclic esters (lactones) is 1. The van der Waals surface area contributed by atoms with E-state index in [1.807, 2.05) is 39.8 Å². The molecule has 0 radical (unpaired) electrons. The predicted molar refractivity (Wildman–Crippen MR) is 112 cm³/mol. The maximum absolute atomic E-state index is 12.1. The molecule has 0 fully saturated rings. The summed E-state index contributed by atoms with van der Waals surface area (Å²) in [4.78, 5) is 35.7. The molecule has 2 amide bonds. The topological polar surface area (TPSA) is 93.7 Å². The van der Waals surface area contributed by atoms with Crippen LogP contribution in [0.15, 0.2) is 47.8 Å². The standard InChI is InChI=1S/C22H32N2O5/c1-15(11-12-16-13-14-17(28-6)21(27)29-16)9-7-8-10-18(25)24-19(20(26)23-5)22(2,3)4/h7-11,14,16,19H,12-13H2,1-6H3,(H,23,26)(H,24,25)/b9-7-,10-8-,15-11+. The van der Waals surface area contributed by atoms with Crippen LogP contribution in [-0.4, -0.2) is 44.1 Å². The van der Waals surface area contributed by atoms with Crippen LogP contribution >= 0.6 is 0 Å². The molecule has 0 spiro atoms. The zero-order valence-electron chi connectivity index (χ0n) is 18.1. The minimum Gasteiger partial charge on any atom is -0.490 e. The second-order valence-electron chi connectivity index (χ2n) is 7.86. The van der Waals surface area contributed by atoms with Crippen molar-refractivity contribution in [3.05, 3.63) is 47.8 Å². The van der Waals surface area contributed by atoms with Crippen molar-refractivity contribution in [3.8, 4) is 0 Å². The number of amides is 2. The average molecular weight is 405 g/mol. The van der Waals surface area contributed by atoms with E-state index in [0.29, 0.717) is 12.8 Å². The second-order valence-corrected chi connectivity index (χ2v) is 7.86. The van der Waals surface area contributed by atoms with Crippen LogP contribution in [0.4, 0.5) is 0 Å². The highest BCUT2D eigenvalue weighted by Crippen LogP contribution is 2.19. The van der Waals surface area contributed by atoms with Gasteiger partial charge in [0.1, 0.15) is 12.1 Å². The van der Waals surface area contributed by atoms with E-state index < -0.39 is 17.4 Å². The number of hydrogen-bond acceptors (Lipinski definition) is 5. The number of rotatable bonds is 8. The molecule has 2 N–H and O–H groups in total. The van der Waals surface area contributed by atoms with Crippen molar-refractivity contribution in [1.82, 2.24) is 10.6 Å². The number of nitrogens with one attached hydrogen (secondary N) is 2. The van der Waals surface area contributed by atoms with Gasteiger partial charge >= 0.3 is 5.97 Å². The van der Waals surface area contributed by atoms with Crippen LogP contribution in [0.2, 0.25) is 0 Å². The molecule has 0 saturated carbocycles. The number of carbonyl (C=O) groups excluding carboxylic acids is 3. The summed E-state index contributed by atoms with van der Waals surface area (Å²) < 4.78 is 10.2. The third kappa shape index (κ3) is 8.37. The highest BCUT2D eigenvalue weighted by atomic mass is 16.6. The van der Waals surface area contributed by atoms with E-state index in [0.717, 1.165) is 5.57 Å². The quantitative estimate of drug-likeness (QED) is 0.368. The number of esters is 1. The molecular weight excluding hydrogens is 372 g/mol. The Morgan fingerprint density at radius 2 is 1.97 bits per heavy atom. The number of methoxy groups -OCH3 is 1. The van der Waals surface area contributed by atoms with Crippen molar-refractivity contribution in [2.24, 2.45) is 5.41 Å². The van der Waals surface area contributed by atoms with E-state index in [9.17, 15) is 14.4 Å². The molecule has 2 unspecified atom stereocenters. The van der Waals surface area contributed by atoms with Crippen LogP contribution < -0.4 is 10.6 Å². The Hall–Kier alpha value is -2.83. The third-order valence-electron chi connectivity index (χ3n) is 4.34.